The van der Waals surface area contributed by atoms with Crippen LogP contribution in [0.3, 0.4) is 0 Å². The van der Waals surface area contributed by atoms with Crippen LogP contribution < -0.4 is 0 Å². The van der Waals surface area contributed by atoms with E-state index < -0.39 is 0 Å². The summed E-state index contributed by atoms with van der Waals surface area (Å²) in [4.78, 5) is 0. The molecule has 2 nitrogen and oxygen atoms in total. The minimum Gasteiger partial charge on any atom is -0.241 e. The lowest BCUT2D eigenvalue weighted by molar-refractivity contribution is 0.851. The van der Waals surface area contributed by atoms with Gasteiger partial charge in [-0.25, -0.2) is 4.68 Å². The molecule has 0 N–H and O–H groups in total. The molecular weight excluding hydrogens is 196 g/mol. The van der Waals surface area contributed by atoms with Crippen LogP contribution in [0.15, 0.2) is 36.5 Å². The van der Waals surface area contributed by atoms with Crippen LogP contribution in [0.25, 0.3) is 5.69 Å². The third-order valence-electron chi connectivity index (χ3n) is 1.99. The molecule has 0 atom stereocenters. The summed E-state index contributed by atoms with van der Waals surface area (Å²) < 4.78 is 1.82. The molecule has 1 aromatic heterocycles. The molecule has 0 amide bonds. The number of benzene rings is 1. The fourth-order valence-corrected chi connectivity index (χ4v) is 1.36. The molecule has 2 aromatic rings. The topological polar surface area (TPSA) is 17.8 Å². The van der Waals surface area contributed by atoms with E-state index in [-0.39, 0.29) is 0 Å². The lowest BCUT2D eigenvalue weighted by atomic mass is 10.3. The smallest absolute Gasteiger partial charge is 0.0646 e. The van der Waals surface area contributed by atoms with Crippen molar-refractivity contribution < 1.29 is 0 Å². The van der Waals surface area contributed by atoms with Crippen molar-refractivity contribution >= 4 is 11.6 Å². The SMILES string of the molecule is [CH2]Cc1ccn(-c2ccc(Cl)cc2)n1. The Balaban J connectivity index is 2.34. The van der Waals surface area contributed by atoms with Crippen LogP contribution in [0.4, 0.5) is 0 Å². The highest BCUT2D eigenvalue weighted by Gasteiger charge is 1.98. The van der Waals surface area contributed by atoms with Gasteiger partial charge in [0.15, 0.2) is 0 Å². The van der Waals surface area contributed by atoms with Crippen LogP contribution in [0.2, 0.25) is 5.02 Å². The van der Waals surface area contributed by atoms with E-state index in [9.17, 15) is 0 Å². The van der Waals surface area contributed by atoms with Crippen molar-refractivity contribution in [1.82, 2.24) is 9.78 Å². The molecule has 1 radical (unpaired) electrons. The van der Waals surface area contributed by atoms with Crippen molar-refractivity contribution in [2.45, 2.75) is 6.42 Å². The first-order valence-corrected chi connectivity index (χ1v) is 4.77. The Labute approximate surface area is 88.1 Å². The summed E-state index contributed by atoms with van der Waals surface area (Å²) in [7, 11) is 0. The highest BCUT2D eigenvalue weighted by atomic mass is 35.5. The molecule has 1 heterocycles. The van der Waals surface area contributed by atoms with Gasteiger partial charge in [0, 0.05) is 11.2 Å². The minimum absolute atomic E-state index is 0.709. The molecule has 0 spiro atoms. The first-order chi connectivity index (χ1) is 6.79. The zero-order valence-corrected chi connectivity index (χ0v) is 8.41. The summed E-state index contributed by atoms with van der Waals surface area (Å²) in [6.07, 6.45) is 2.63. The highest BCUT2D eigenvalue weighted by molar-refractivity contribution is 6.30. The van der Waals surface area contributed by atoms with Crippen LogP contribution >= 0.6 is 11.6 Å². The number of halogens is 1. The third-order valence-corrected chi connectivity index (χ3v) is 2.24. The molecular formula is C11H10ClN2. The summed E-state index contributed by atoms with van der Waals surface area (Å²) in [5.74, 6) is 0. The Morgan fingerprint density at radius 2 is 1.93 bits per heavy atom. The van der Waals surface area contributed by atoms with Crippen LogP contribution in [-0.4, -0.2) is 9.78 Å². The van der Waals surface area contributed by atoms with Crippen LogP contribution in [-0.2, 0) is 6.42 Å². The molecule has 2 rings (SSSR count). The molecule has 0 saturated carbocycles. The second-order valence-corrected chi connectivity index (χ2v) is 3.41. The van der Waals surface area contributed by atoms with Gasteiger partial charge in [0.1, 0.15) is 0 Å². The first-order valence-electron chi connectivity index (χ1n) is 4.39. The summed E-state index contributed by atoms with van der Waals surface area (Å²) >= 11 is 5.79. The zero-order valence-electron chi connectivity index (χ0n) is 7.65. The van der Waals surface area contributed by atoms with Crippen LogP contribution in [0.1, 0.15) is 5.69 Å². The lowest BCUT2D eigenvalue weighted by Gasteiger charge is -2.00. The maximum atomic E-state index is 5.79. The monoisotopic (exact) mass is 205 g/mol. The standard InChI is InChI=1S/C11H10ClN2/c1-2-10-7-8-14(13-10)11-5-3-9(12)4-6-11/h3-8H,1-2H2. The first kappa shape index (κ1) is 9.28. The van der Waals surface area contributed by atoms with Gasteiger partial charge in [-0.2, -0.15) is 5.10 Å². The second kappa shape index (κ2) is 3.84. The summed E-state index contributed by atoms with van der Waals surface area (Å²) in [5, 5.41) is 5.07. The van der Waals surface area contributed by atoms with E-state index in [0.717, 1.165) is 16.4 Å². The predicted octanol–water partition coefficient (Wildman–Crippen LogP) is 2.90. The Kier molecular flexibility index (Phi) is 2.55. The van der Waals surface area contributed by atoms with E-state index in [1.807, 2.05) is 41.2 Å². The molecule has 1 aromatic carbocycles. The molecule has 0 unspecified atom stereocenters. The van der Waals surface area contributed by atoms with Gasteiger partial charge in [0.25, 0.3) is 0 Å². The second-order valence-electron chi connectivity index (χ2n) is 2.98. The summed E-state index contributed by atoms with van der Waals surface area (Å²) in [5.41, 5.74) is 1.99. The summed E-state index contributed by atoms with van der Waals surface area (Å²) in [6.45, 7) is 3.78. The van der Waals surface area contributed by atoms with Crippen molar-refractivity contribution in [3.05, 3.63) is 54.2 Å². The maximum Gasteiger partial charge on any atom is 0.0646 e. The quantitative estimate of drug-likeness (QED) is 0.737. The van der Waals surface area contributed by atoms with Gasteiger partial charge in [-0.3, -0.25) is 0 Å². The largest absolute Gasteiger partial charge is 0.241 e. The molecule has 0 aliphatic heterocycles. The number of aromatic nitrogens is 2. The van der Waals surface area contributed by atoms with E-state index in [2.05, 4.69) is 12.0 Å². The number of hydrogen-bond acceptors (Lipinski definition) is 1. The van der Waals surface area contributed by atoms with E-state index in [4.69, 9.17) is 11.6 Å². The minimum atomic E-state index is 0.709. The van der Waals surface area contributed by atoms with Crippen LogP contribution in [0.5, 0.6) is 0 Å². The van der Waals surface area contributed by atoms with Crippen molar-refractivity contribution in [3.63, 3.8) is 0 Å². The maximum absolute atomic E-state index is 5.79. The van der Waals surface area contributed by atoms with Gasteiger partial charge >= 0.3 is 0 Å². The Morgan fingerprint density at radius 3 is 2.50 bits per heavy atom. The van der Waals surface area contributed by atoms with Crippen molar-refractivity contribution in [2.24, 2.45) is 0 Å². The molecule has 0 fully saturated rings. The average molecular weight is 206 g/mol. The van der Waals surface area contributed by atoms with E-state index in [1.54, 1.807) is 0 Å². The fourth-order valence-electron chi connectivity index (χ4n) is 1.23. The normalized spacial score (nSPS) is 10.4. The van der Waals surface area contributed by atoms with Gasteiger partial charge in [0.05, 0.1) is 11.4 Å². The molecule has 0 saturated heterocycles. The van der Waals surface area contributed by atoms with Crippen molar-refractivity contribution in [1.29, 1.82) is 0 Å². The molecule has 0 bridgehead atoms. The van der Waals surface area contributed by atoms with Crippen molar-refractivity contribution in [2.75, 3.05) is 0 Å². The molecule has 0 aliphatic carbocycles. The zero-order chi connectivity index (χ0) is 9.97. The number of hydrogen-bond donors (Lipinski definition) is 0. The van der Waals surface area contributed by atoms with Gasteiger partial charge in [-0.15, -0.1) is 0 Å². The lowest BCUT2D eigenvalue weighted by Crippen LogP contribution is -1.95. The molecule has 14 heavy (non-hydrogen) atoms. The fraction of sp³-hybridized carbons (Fsp3) is 0.0909. The van der Waals surface area contributed by atoms with Gasteiger partial charge in [-0.05, 0) is 43.7 Å². The predicted molar refractivity (Wildman–Crippen MR) is 57.6 cm³/mol. The molecule has 3 heteroatoms. The Bertz CT molecular complexity index is 417. The average Bonchev–Trinajstić information content (AvgIpc) is 2.67. The number of nitrogens with zero attached hydrogens (tertiary/aromatic N) is 2. The Morgan fingerprint density at radius 1 is 1.21 bits per heavy atom. The van der Waals surface area contributed by atoms with Gasteiger partial charge < -0.3 is 0 Å². The molecule has 0 aliphatic rings. The van der Waals surface area contributed by atoms with Gasteiger partial charge in [0.2, 0.25) is 0 Å². The highest BCUT2D eigenvalue weighted by Crippen LogP contribution is 2.12. The van der Waals surface area contributed by atoms with Crippen LogP contribution in [0, 0.1) is 6.92 Å². The van der Waals surface area contributed by atoms with Crippen molar-refractivity contribution in [3.8, 4) is 5.69 Å². The summed E-state index contributed by atoms with van der Waals surface area (Å²) in [6, 6.07) is 9.52. The number of rotatable bonds is 2. The van der Waals surface area contributed by atoms with E-state index in [0.29, 0.717) is 6.42 Å². The van der Waals surface area contributed by atoms with E-state index >= 15 is 0 Å². The Hall–Kier alpha value is -1.28. The molecule has 71 valence electrons. The van der Waals surface area contributed by atoms with E-state index in [1.165, 1.54) is 0 Å². The third kappa shape index (κ3) is 1.80. The van der Waals surface area contributed by atoms with Gasteiger partial charge in [-0.1, -0.05) is 11.6 Å².